The predicted molar refractivity (Wildman–Crippen MR) is 104 cm³/mol. The summed E-state index contributed by atoms with van der Waals surface area (Å²) in [6.45, 7) is 2.57. The van der Waals surface area contributed by atoms with Gasteiger partial charge in [0.2, 0.25) is 5.75 Å². The number of ether oxygens (including phenoxy) is 3. The van der Waals surface area contributed by atoms with Gasteiger partial charge in [0.15, 0.2) is 11.5 Å². The number of hydrogen-bond acceptors (Lipinski definition) is 5. The van der Waals surface area contributed by atoms with Crippen molar-refractivity contribution in [3.05, 3.63) is 52.5 Å². The predicted octanol–water partition coefficient (Wildman–Crippen LogP) is 3.51. The summed E-state index contributed by atoms with van der Waals surface area (Å²) in [4.78, 5) is 2.17. The fraction of sp³-hybridized carbons (Fsp3) is 0.400. The zero-order chi connectivity index (χ0) is 18.5. The molecule has 1 heterocycles. The Bertz CT molecular complexity index is 735. The molecule has 0 saturated heterocycles. The van der Waals surface area contributed by atoms with Gasteiger partial charge in [0.25, 0.3) is 0 Å². The molecule has 1 aliphatic rings. The quantitative estimate of drug-likeness (QED) is 0.801. The maximum atomic E-state index is 6.38. The van der Waals surface area contributed by atoms with Crippen LogP contribution >= 0.6 is 11.6 Å². The fourth-order valence-corrected chi connectivity index (χ4v) is 3.36. The normalized spacial score (nSPS) is 14.3. The van der Waals surface area contributed by atoms with Gasteiger partial charge in [0, 0.05) is 24.2 Å². The number of halogens is 1. The van der Waals surface area contributed by atoms with E-state index in [2.05, 4.69) is 30.4 Å². The highest BCUT2D eigenvalue weighted by atomic mass is 35.5. The van der Waals surface area contributed by atoms with Gasteiger partial charge in [-0.15, -0.1) is 0 Å². The summed E-state index contributed by atoms with van der Waals surface area (Å²) >= 11 is 6.38. The Hall–Kier alpha value is -1.95. The Morgan fingerprint density at radius 2 is 1.96 bits per heavy atom. The third-order valence-electron chi connectivity index (χ3n) is 4.44. The molecule has 5 nitrogen and oxygen atoms in total. The average Bonchev–Trinajstić information content (AvgIpc) is 2.65. The molecule has 6 heteroatoms. The molecule has 140 valence electrons. The summed E-state index contributed by atoms with van der Waals surface area (Å²) in [5.41, 5.74) is 2.20. The summed E-state index contributed by atoms with van der Waals surface area (Å²) < 4.78 is 16.8. The van der Waals surface area contributed by atoms with E-state index in [0.29, 0.717) is 31.3 Å². The minimum atomic E-state index is 0.183. The lowest BCUT2D eigenvalue weighted by atomic mass is 10.1. The summed E-state index contributed by atoms with van der Waals surface area (Å²) in [6, 6.07) is 12.1. The van der Waals surface area contributed by atoms with E-state index < -0.39 is 0 Å². The molecule has 2 aromatic carbocycles. The van der Waals surface area contributed by atoms with E-state index in [1.54, 1.807) is 7.11 Å². The molecule has 1 atom stereocenters. The van der Waals surface area contributed by atoms with Crippen LogP contribution in [0.15, 0.2) is 36.4 Å². The van der Waals surface area contributed by atoms with Crippen molar-refractivity contribution in [3.8, 4) is 17.2 Å². The van der Waals surface area contributed by atoms with Crippen molar-refractivity contribution in [2.24, 2.45) is 0 Å². The number of nitrogens with zero attached hydrogens (tertiary/aromatic N) is 1. The molecule has 2 aromatic rings. The minimum absolute atomic E-state index is 0.183. The van der Waals surface area contributed by atoms with Gasteiger partial charge in [-0.1, -0.05) is 29.8 Å². The van der Waals surface area contributed by atoms with Crippen LogP contribution in [0.5, 0.6) is 17.2 Å². The van der Waals surface area contributed by atoms with Crippen LogP contribution in [0.4, 0.5) is 0 Å². The first-order chi connectivity index (χ1) is 12.6. The number of hydrogen-bond donors (Lipinski definition) is 1. The van der Waals surface area contributed by atoms with Gasteiger partial charge in [-0.25, -0.2) is 0 Å². The maximum absolute atomic E-state index is 6.38. The number of rotatable bonds is 7. The van der Waals surface area contributed by atoms with Crippen molar-refractivity contribution in [1.82, 2.24) is 10.2 Å². The Morgan fingerprint density at radius 1 is 1.19 bits per heavy atom. The van der Waals surface area contributed by atoms with Gasteiger partial charge in [-0.2, -0.15) is 0 Å². The lowest BCUT2D eigenvalue weighted by Gasteiger charge is -2.26. The standard InChI is InChI=1S/C20H25ClN2O3/c1-23(2)17(15-6-4-5-7-16(15)21)13-22-12-14-10-18(24-3)20-19(11-14)25-8-9-26-20/h4-7,10-11,17,22H,8-9,12-13H2,1-3H3/t17-/m0/s1. The highest BCUT2D eigenvalue weighted by molar-refractivity contribution is 6.31. The van der Waals surface area contributed by atoms with Crippen LogP contribution in [-0.4, -0.2) is 45.9 Å². The number of fused-ring (bicyclic) bond motifs is 1. The Morgan fingerprint density at radius 3 is 2.69 bits per heavy atom. The van der Waals surface area contributed by atoms with Crippen LogP contribution in [0.25, 0.3) is 0 Å². The van der Waals surface area contributed by atoms with Gasteiger partial charge in [0.1, 0.15) is 13.2 Å². The van der Waals surface area contributed by atoms with Crippen molar-refractivity contribution in [2.75, 3.05) is 41.0 Å². The molecule has 1 aliphatic heterocycles. The summed E-state index contributed by atoms with van der Waals surface area (Å²) in [5.74, 6) is 2.13. The third kappa shape index (κ3) is 4.23. The van der Waals surface area contributed by atoms with Crippen LogP contribution < -0.4 is 19.5 Å². The highest BCUT2D eigenvalue weighted by Crippen LogP contribution is 2.40. The third-order valence-corrected chi connectivity index (χ3v) is 4.79. The second-order valence-electron chi connectivity index (χ2n) is 6.45. The Balaban J connectivity index is 1.69. The smallest absolute Gasteiger partial charge is 0.203 e. The molecule has 26 heavy (non-hydrogen) atoms. The van der Waals surface area contributed by atoms with E-state index >= 15 is 0 Å². The van der Waals surface area contributed by atoms with Crippen LogP contribution in [0.1, 0.15) is 17.2 Å². The lowest BCUT2D eigenvalue weighted by Crippen LogP contribution is -2.31. The van der Waals surface area contributed by atoms with Gasteiger partial charge in [-0.3, -0.25) is 0 Å². The summed E-state index contributed by atoms with van der Waals surface area (Å²) in [5, 5.41) is 4.30. The zero-order valence-corrected chi connectivity index (χ0v) is 16.2. The Kier molecular flexibility index (Phi) is 6.25. The maximum Gasteiger partial charge on any atom is 0.203 e. The fourth-order valence-electron chi connectivity index (χ4n) is 3.10. The molecular formula is C20H25ClN2O3. The van der Waals surface area contributed by atoms with Crippen molar-refractivity contribution in [3.63, 3.8) is 0 Å². The summed E-state index contributed by atoms with van der Waals surface area (Å²) in [7, 11) is 5.76. The van der Waals surface area contributed by atoms with E-state index in [0.717, 1.165) is 28.4 Å². The number of nitrogens with one attached hydrogen (secondary N) is 1. The first-order valence-corrected chi connectivity index (χ1v) is 9.06. The molecule has 1 N–H and O–H groups in total. The van der Waals surface area contributed by atoms with Crippen LogP contribution in [0.2, 0.25) is 5.02 Å². The Labute approximate surface area is 159 Å². The monoisotopic (exact) mass is 376 g/mol. The number of methoxy groups -OCH3 is 1. The van der Waals surface area contributed by atoms with E-state index in [1.165, 1.54) is 0 Å². The molecule has 0 fully saturated rings. The lowest BCUT2D eigenvalue weighted by molar-refractivity contribution is 0.165. The molecule has 3 rings (SSSR count). The second kappa shape index (κ2) is 8.62. The van der Waals surface area contributed by atoms with Gasteiger partial charge in [0.05, 0.1) is 7.11 Å². The van der Waals surface area contributed by atoms with Gasteiger partial charge >= 0.3 is 0 Å². The molecular weight excluding hydrogens is 352 g/mol. The number of benzene rings is 2. The minimum Gasteiger partial charge on any atom is -0.493 e. The second-order valence-corrected chi connectivity index (χ2v) is 6.86. The largest absolute Gasteiger partial charge is 0.493 e. The highest BCUT2D eigenvalue weighted by Gasteiger charge is 2.19. The van der Waals surface area contributed by atoms with E-state index in [4.69, 9.17) is 25.8 Å². The van der Waals surface area contributed by atoms with Gasteiger partial charge < -0.3 is 24.4 Å². The topological polar surface area (TPSA) is 43.0 Å². The average molecular weight is 377 g/mol. The van der Waals surface area contributed by atoms with Gasteiger partial charge in [-0.05, 0) is 43.4 Å². The van der Waals surface area contributed by atoms with Crippen molar-refractivity contribution in [1.29, 1.82) is 0 Å². The molecule has 0 bridgehead atoms. The summed E-state index contributed by atoms with van der Waals surface area (Å²) in [6.07, 6.45) is 0. The van der Waals surface area contributed by atoms with Crippen molar-refractivity contribution < 1.29 is 14.2 Å². The van der Waals surface area contributed by atoms with E-state index in [9.17, 15) is 0 Å². The molecule has 0 saturated carbocycles. The zero-order valence-electron chi connectivity index (χ0n) is 15.4. The van der Waals surface area contributed by atoms with Crippen LogP contribution in [0.3, 0.4) is 0 Å². The van der Waals surface area contributed by atoms with Crippen LogP contribution in [0, 0.1) is 0 Å². The molecule has 0 amide bonds. The molecule has 0 spiro atoms. The molecule has 0 radical (unpaired) electrons. The van der Waals surface area contributed by atoms with Crippen LogP contribution in [-0.2, 0) is 6.54 Å². The SMILES string of the molecule is COc1cc(CNC[C@@H](c2ccccc2Cl)N(C)C)cc2c1OCCO2. The molecule has 0 unspecified atom stereocenters. The molecule has 0 aromatic heterocycles. The molecule has 0 aliphatic carbocycles. The van der Waals surface area contributed by atoms with Crippen molar-refractivity contribution in [2.45, 2.75) is 12.6 Å². The van der Waals surface area contributed by atoms with Crippen molar-refractivity contribution >= 4 is 11.6 Å². The van der Waals surface area contributed by atoms with E-state index in [1.807, 2.05) is 30.3 Å². The number of likely N-dealkylation sites (N-methyl/N-ethyl adjacent to an activating group) is 1. The first kappa shape index (κ1) is 18.8. The van der Waals surface area contributed by atoms with E-state index in [-0.39, 0.29) is 6.04 Å². The first-order valence-electron chi connectivity index (χ1n) is 8.68.